The molecule has 0 aliphatic carbocycles. The van der Waals surface area contributed by atoms with Crippen LogP contribution in [0.15, 0.2) is 0 Å². The molecule has 20 heavy (non-hydrogen) atoms. The molecule has 1 unspecified atom stereocenters. The Morgan fingerprint density at radius 3 is 2.60 bits per heavy atom. The lowest BCUT2D eigenvalue weighted by atomic mass is 9.96. The minimum absolute atomic E-state index is 0.0370. The molecule has 6 nitrogen and oxygen atoms in total. The van der Waals surface area contributed by atoms with Crippen LogP contribution < -0.4 is 10.6 Å². The summed E-state index contributed by atoms with van der Waals surface area (Å²) in [6, 6.07) is 0. The smallest absolute Gasteiger partial charge is 0.225 e. The van der Waals surface area contributed by atoms with Crippen LogP contribution in [0.25, 0.3) is 0 Å². The van der Waals surface area contributed by atoms with E-state index >= 15 is 0 Å². The fourth-order valence-corrected chi connectivity index (χ4v) is 2.33. The van der Waals surface area contributed by atoms with Crippen LogP contribution in [-0.4, -0.2) is 49.3 Å². The van der Waals surface area contributed by atoms with E-state index in [0.717, 1.165) is 19.4 Å². The lowest BCUT2D eigenvalue weighted by Gasteiger charge is -2.33. The van der Waals surface area contributed by atoms with Gasteiger partial charge in [-0.15, -0.1) is 0 Å². The molecular weight excluding hydrogens is 258 g/mol. The number of hydrogen-bond donors (Lipinski definition) is 2. The zero-order valence-corrected chi connectivity index (χ0v) is 12.6. The Morgan fingerprint density at radius 1 is 1.30 bits per heavy atom. The van der Waals surface area contributed by atoms with Crippen LogP contribution in [0.3, 0.4) is 0 Å². The van der Waals surface area contributed by atoms with Crippen molar-refractivity contribution in [2.24, 2.45) is 11.8 Å². The van der Waals surface area contributed by atoms with E-state index in [2.05, 4.69) is 10.6 Å². The first kappa shape index (κ1) is 16.5. The maximum Gasteiger partial charge on any atom is 0.225 e. The number of likely N-dealkylation sites (tertiary alicyclic amines) is 1. The highest BCUT2D eigenvalue weighted by Crippen LogP contribution is 2.18. The molecule has 1 saturated heterocycles. The third-order valence-electron chi connectivity index (χ3n) is 3.53. The quantitative estimate of drug-likeness (QED) is 0.753. The third-order valence-corrected chi connectivity index (χ3v) is 3.53. The van der Waals surface area contributed by atoms with Crippen LogP contribution >= 0.6 is 0 Å². The van der Waals surface area contributed by atoms with Crippen LogP contribution in [0.1, 0.15) is 33.1 Å². The number of nitrogens with one attached hydrogen (secondary N) is 2. The second-order valence-corrected chi connectivity index (χ2v) is 5.49. The zero-order valence-electron chi connectivity index (χ0n) is 12.6. The fourth-order valence-electron chi connectivity index (χ4n) is 2.33. The van der Waals surface area contributed by atoms with Crippen molar-refractivity contribution in [2.45, 2.75) is 33.1 Å². The van der Waals surface area contributed by atoms with Gasteiger partial charge in [0.25, 0.3) is 0 Å². The van der Waals surface area contributed by atoms with Gasteiger partial charge in [-0.2, -0.15) is 0 Å². The van der Waals surface area contributed by atoms with E-state index in [1.165, 1.54) is 0 Å². The Kier molecular flexibility index (Phi) is 6.48. The van der Waals surface area contributed by atoms with Gasteiger partial charge in [0.15, 0.2) is 0 Å². The Bertz CT molecular complexity index is 369. The van der Waals surface area contributed by atoms with Crippen LogP contribution in [0, 0.1) is 11.8 Å². The first-order valence-electron chi connectivity index (χ1n) is 7.22. The van der Waals surface area contributed by atoms with E-state index in [-0.39, 0.29) is 36.0 Å². The topological polar surface area (TPSA) is 78.5 Å². The average molecular weight is 283 g/mol. The normalized spacial score (nSPS) is 18.8. The molecule has 1 rings (SSSR count). The Morgan fingerprint density at radius 2 is 2.00 bits per heavy atom. The lowest BCUT2D eigenvalue weighted by Crippen LogP contribution is -2.47. The largest absolute Gasteiger partial charge is 0.359 e. The highest BCUT2D eigenvalue weighted by Gasteiger charge is 2.29. The second kappa shape index (κ2) is 7.87. The van der Waals surface area contributed by atoms with Crippen molar-refractivity contribution >= 4 is 17.7 Å². The number of nitrogens with zero attached hydrogens (tertiary/aromatic N) is 1. The van der Waals surface area contributed by atoms with Gasteiger partial charge in [0.05, 0.1) is 5.92 Å². The first-order valence-corrected chi connectivity index (χ1v) is 7.22. The number of rotatable bonds is 5. The predicted molar refractivity (Wildman–Crippen MR) is 75.8 cm³/mol. The average Bonchev–Trinajstić information content (AvgIpc) is 2.46. The molecule has 2 N–H and O–H groups in total. The zero-order chi connectivity index (χ0) is 15.1. The summed E-state index contributed by atoms with van der Waals surface area (Å²) in [5.41, 5.74) is 0. The summed E-state index contributed by atoms with van der Waals surface area (Å²) in [7, 11) is 1.57. The SMILES string of the molecule is CNC(=O)CCNC(=O)C1CCCN(C(=O)C(C)C)C1. The second-order valence-electron chi connectivity index (χ2n) is 5.49. The van der Waals surface area contributed by atoms with Gasteiger partial charge < -0.3 is 15.5 Å². The molecule has 0 aromatic carbocycles. The summed E-state index contributed by atoms with van der Waals surface area (Å²) in [6.45, 7) is 5.31. The molecule has 0 saturated carbocycles. The van der Waals surface area contributed by atoms with Gasteiger partial charge in [-0.3, -0.25) is 14.4 Å². The van der Waals surface area contributed by atoms with Crippen LogP contribution in [-0.2, 0) is 14.4 Å². The van der Waals surface area contributed by atoms with Gasteiger partial charge in [-0.05, 0) is 12.8 Å². The van der Waals surface area contributed by atoms with E-state index in [1.54, 1.807) is 11.9 Å². The number of carbonyl (C=O) groups excluding carboxylic acids is 3. The van der Waals surface area contributed by atoms with Crippen molar-refractivity contribution in [2.75, 3.05) is 26.7 Å². The summed E-state index contributed by atoms with van der Waals surface area (Å²) >= 11 is 0. The van der Waals surface area contributed by atoms with E-state index < -0.39 is 0 Å². The fraction of sp³-hybridized carbons (Fsp3) is 0.786. The molecule has 0 aromatic heterocycles. The minimum atomic E-state index is -0.156. The Labute approximate surface area is 120 Å². The molecular formula is C14H25N3O3. The van der Waals surface area contributed by atoms with E-state index in [1.807, 2.05) is 13.8 Å². The number of carbonyl (C=O) groups is 3. The van der Waals surface area contributed by atoms with Crippen molar-refractivity contribution in [3.05, 3.63) is 0 Å². The molecule has 0 radical (unpaired) electrons. The number of piperidine rings is 1. The maximum absolute atomic E-state index is 12.0. The molecule has 6 heteroatoms. The van der Waals surface area contributed by atoms with Crippen LogP contribution in [0.4, 0.5) is 0 Å². The Balaban J connectivity index is 2.40. The third kappa shape index (κ3) is 4.83. The van der Waals surface area contributed by atoms with Gasteiger partial charge in [0, 0.05) is 39.0 Å². The molecule has 1 aliphatic rings. The van der Waals surface area contributed by atoms with Crippen molar-refractivity contribution in [3.63, 3.8) is 0 Å². The van der Waals surface area contributed by atoms with Crippen LogP contribution in [0.2, 0.25) is 0 Å². The first-order chi connectivity index (χ1) is 9.45. The molecule has 1 fully saturated rings. The summed E-state index contributed by atoms with van der Waals surface area (Å²) in [6.07, 6.45) is 1.93. The van der Waals surface area contributed by atoms with Crippen molar-refractivity contribution in [3.8, 4) is 0 Å². The summed E-state index contributed by atoms with van der Waals surface area (Å²) < 4.78 is 0. The van der Waals surface area contributed by atoms with E-state index in [0.29, 0.717) is 13.1 Å². The molecule has 114 valence electrons. The van der Waals surface area contributed by atoms with Gasteiger partial charge in [0.2, 0.25) is 17.7 Å². The highest BCUT2D eigenvalue weighted by atomic mass is 16.2. The molecule has 1 heterocycles. The molecule has 0 spiro atoms. The lowest BCUT2D eigenvalue weighted by molar-refractivity contribution is -0.138. The number of amides is 3. The van der Waals surface area contributed by atoms with Crippen molar-refractivity contribution in [1.29, 1.82) is 0 Å². The highest BCUT2D eigenvalue weighted by molar-refractivity contribution is 5.82. The van der Waals surface area contributed by atoms with Gasteiger partial charge in [-0.25, -0.2) is 0 Å². The van der Waals surface area contributed by atoms with E-state index in [4.69, 9.17) is 0 Å². The minimum Gasteiger partial charge on any atom is -0.359 e. The molecule has 0 aromatic rings. The summed E-state index contributed by atoms with van der Waals surface area (Å²) in [4.78, 5) is 36.8. The predicted octanol–water partition coefficient (Wildman–Crippen LogP) is 0.133. The van der Waals surface area contributed by atoms with Gasteiger partial charge >= 0.3 is 0 Å². The molecule has 1 atom stereocenters. The summed E-state index contributed by atoms with van der Waals surface area (Å²) in [5, 5.41) is 5.28. The molecule has 0 bridgehead atoms. The van der Waals surface area contributed by atoms with E-state index in [9.17, 15) is 14.4 Å². The van der Waals surface area contributed by atoms with Gasteiger partial charge in [0.1, 0.15) is 0 Å². The number of hydrogen-bond acceptors (Lipinski definition) is 3. The van der Waals surface area contributed by atoms with Crippen molar-refractivity contribution < 1.29 is 14.4 Å². The monoisotopic (exact) mass is 283 g/mol. The Hall–Kier alpha value is -1.59. The van der Waals surface area contributed by atoms with Crippen molar-refractivity contribution in [1.82, 2.24) is 15.5 Å². The summed E-state index contributed by atoms with van der Waals surface area (Å²) in [5.74, 6) is -0.241. The standard InChI is InChI=1S/C14H25N3O3/c1-10(2)14(20)17-8-4-5-11(9-17)13(19)16-7-6-12(18)15-3/h10-11H,4-9H2,1-3H3,(H,15,18)(H,16,19). The molecule has 1 aliphatic heterocycles. The van der Waals surface area contributed by atoms with Gasteiger partial charge in [-0.1, -0.05) is 13.8 Å². The maximum atomic E-state index is 12.0. The van der Waals surface area contributed by atoms with Crippen LogP contribution in [0.5, 0.6) is 0 Å². The molecule has 3 amide bonds.